The second-order valence-corrected chi connectivity index (χ2v) is 9.14. The van der Waals surface area contributed by atoms with E-state index in [1.165, 1.54) is 11.8 Å². The van der Waals surface area contributed by atoms with Gasteiger partial charge < -0.3 is 5.32 Å². The average molecular weight is 474 g/mol. The lowest BCUT2D eigenvalue weighted by Gasteiger charge is -2.15. The van der Waals surface area contributed by atoms with Crippen LogP contribution in [-0.4, -0.2) is 25.9 Å². The van der Waals surface area contributed by atoms with Gasteiger partial charge >= 0.3 is 0 Å². The highest BCUT2D eigenvalue weighted by atomic mass is 35.5. The van der Waals surface area contributed by atoms with Gasteiger partial charge in [0.05, 0.1) is 16.5 Å². The van der Waals surface area contributed by atoms with Crippen molar-refractivity contribution in [3.63, 3.8) is 0 Å². The van der Waals surface area contributed by atoms with Crippen LogP contribution in [-0.2, 0) is 4.79 Å². The number of nitrogens with one attached hydrogen (secondary N) is 1. The van der Waals surface area contributed by atoms with Crippen molar-refractivity contribution in [2.45, 2.75) is 24.3 Å². The predicted octanol–water partition coefficient (Wildman–Crippen LogP) is 5.89. The Bertz CT molecular complexity index is 1340. The first-order valence-corrected chi connectivity index (χ1v) is 11.5. The topological polar surface area (TPSA) is 83.6 Å². The molecule has 8 heteroatoms. The van der Waals surface area contributed by atoms with E-state index in [1.807, 2.05) is 60.0 Å². The monoisotopic (exact) mass is 473 g/mol. The molecule has 0 fully saturated rings. The number of aromatic nitrogens is 3. The normalized spacial score (nSPS) is 11.6. The molecule has 0 bridgehead atoms. The summed E-state index contributed by atoms with van der Waals surface area (Å²) in [4.78, 5) is 12.9. The Morgan fingerprint density at radius 3 is 2.58 bits per heavy atom. The molecule has 1 atom stereocenters. The summed E-state index contributed by atoms with van der Waals surface area (Å²) in [6.45, 7) is 3.82. The number of thioether (sulfide) groups is 1. The molecule has 1 amide bonds. The molecule has 6 nitrogen and oxygen atoms in total. The quantitative estimate of drug-likeness (QED) is 0.353. The van der Waals surface area contributed by atoms with Crippen LogP contribution in [0.1, 0.15) is 18.1 Å². The van der Waals surface area contributed by atoms with E-state index in [0.29, 0.717) is 27.3 Å². The SMILES string of the molecule is Cc1cccc(-n2c(SC(C)C(=O)Nc3ccccc3C#N)nnc2-c2ccc(Cl)cc2)c1. The van der Waals surface area contributed by atoms with Gasteiger partial charge in [0, 0.05) is 16.3 Å². The minimum absolute atomic E-state index is 0.227. The Morgan fingerprint density at radius 1 is 1.09 bits per heavy atom. The first kappa shape index (κ1) is 22.6. The third-order valence-electron chi connectivity index (χ3n) is 4.95. The Balaban J connectivity index is 1.66. The number of nitriles is 1. The maximum absolute atomic E-state index is 12.9. The molecule has 1 unspecified atom stereocenters. The fourth-order valence-corrected chi connectivity index (χ4v) is 4.26. The van der Waals surface area contributed by atoms with Crippen molar-refractivity contribution in [1.82, 2.24) is 14.8 Å². The van der Waals surface area contributed by atoms with Crippen molar-refractivity contribution in [2.75, 3.05) is 5.32 Å². The molecular formula is C25H20ClN5OS. The first-order chi connectivity index (χ1) is 16.0. The maximum atomic E-state index is 12.9. The maximum Gasteiger partial charge on any atom is 0.237 e. The summed E-state index contributed by atoms with van der Waals surface area (Å²) in [6, 6.07) is 24.4. The number of amides is 1. The molecule has 0 radical (unpaired) electrons. The standard InChI is InChI=1S/C25H20ClN5OS/c1-16-6-5-8-21(14-16)31-23(18-10-12-20(26)13-11-18)29-30-25(31)33-17(2)24(32)28-22-9-4-3-7-19(22)15-27/h3-14,17H,1-2H3,(H,28,32). The molecule has 164 valence electrons. The Morgan fingerprint density at radius 2 is 1.85 bits per heavy atom. The summed E-state index contributed by atoms with van der Waals surface area (Å²) in [5, 5.41) is 21.7. The van der Waals surface area contributed by atoms with Crippen molar-refractivity contribution in [3.8, 4) is 23.1 Å². The largest absolute Gasteiger partial charge is 0.324 e. The van der Waals surface area contributed by atoms with Crippen LogP contribution < -0.4 is 5.32 Å². The van der Waals surface area contributed by atoms with E-state index in [9.17, 15) is 10.1 Å². The van der Waals surface area contributed by atoms with Crippen molar-refractivity contribution in [1.29, 1.82) is 5.26 Å². The smallest absolute Gasteiger partial charge is 0.237 e. The van der Waals surface area contributed by atoms with E-state index in [2.05, 4.69) is 21.6 Å². The van der Waals surface area contributed by atoms with Crippen LogP contribution in [0.15, 0.2) is 78.0 Å². The molecule has 1 aromatic heterocycles. The van der Waals surface area contributed by atoms with Crippen LogP contribution in [0, 0.1) is 18.3 Å². The molecule has 33 heavy (non-hydrogen) atoms. The number of para-hydroxylation sites is 1. The van der Waals surface area contributed by atoms with Gasteiger partial charge in [-0.2, -0.15) is 5.26 Å². The average Bonchev–Trinajstić information content (AvgIpc) is 3.23. The zero-order valence-corrected chi connectivity index (χ0v) is 19.6. The fourth-order valence-electron chi connectivity index (χ4n) is 3.27. The van der Waals surface area contributed by atoms with Crippen LogP contribution in [0.3, 0.4) is 0 Å². The zero-order chi connectivity index (χ0) is 23.4. The van der Waals surface area contributed by atoms with Crippen molar-refractivity contribution in [2.24, 2.45) is 0 Å². The number of anilines is 1. The van der Waals surface area contributed by atoms with Gasteiger partial charge in [0.1, 0.15) is 6.07 Å². The van der Waals surface area contributed by atoms with Crippen molar-refractivity contribution in [3.05, 3.63) is 88.9 Å². The second-order valence-electron chi connectivity index (χ2n) is 7.39. The molecule has 0 aliphatic carbocycles. The first-order valence-electron chi connectivity index (χ1n) is 10.2. The molecule has 0 saturated carbocycles. The molecule has 0 aliphatic rings. The van der Waals surface area contributed by atoms with Crippen molar-refractivity contribution < 1.29 is 4.79 Å². The second kappa shape index (κ2) is 9.90. The lowest BCUT2D eigenvalue weighted by Crippen LogP contribution is -2.23. The highest BCUT2D eigenvalue weighted by Gasteiger charge is 2.22. The third-order valence-corrected chi connectivity index (χ3v) is 6.25. The van der Waals surface area contributed by atoms with E-state index in [4.69, 9.17) is 11.6 Å². The van der Waals surface area contributed by atoms with Crippen LogP contribution in [0.25, 0.3) is 17.1 Å². The Hall–Kier alpha value is -3.60. The molecule has 4 aromatic rings. The van der Waals surface area contributed by atoms with E-state index in [-0.39, 0.29) is 5.91 Å². The molecule has 3 aromatic carbocycles. The highest BCUT2D eigenvalue weighted by molar-refractivity contribution is 8.00. The van der Waals surface area contributed by atoms with Gasteiger partial charge in [-0.15, -0.1) is 10.2 Å². The molecule has 1 N–H and O–H groups in total. The molecule has 0 aliphatic heterocycles. The minimum atomic E-state index is -0.484. The fraction of sp³-hybridized carbons (Fsp3) is 0.120. The molecular weight excluding hydrogens is 454 g/mol. The number of carbonyl (C=O) groups excluding carboxylic acids is 1. The lowest BCUT2D eigenvalue weighted by atomic mass is 10.2. The Labute approximate surface area is 201 Å². The van der Waals surface area contributed by atoms with E-state index in [0.717, 1.165) is 16.8 Å². The van der Waals surface area contributed by atoms with Crippen LogP contribution >= 0.6 is 23.4 Å². The number of halogens is 1. The molecule has 0 saturated heterocycles. The van der Waals surface area contributed by atoms with Gasteiger partial charge in [-0.05, 0) is 67.9 Å². The summed E-state index contributed by atoms with van der Waals surface area (Å²) in [6.07, 6.45) is 0. The number of carbonyl (C=O) groups is 1. The number of aryl methyl sites for hydroxylation is 1. The molecule has 1 heterocycles. The summed E-state index contributed by atoms with van der Waals surface area (Å²) >= 11 is 7.36. The van der Waals surface area contributed by atoms with Crippen molar-refractivity contribution >= 4 is 35.0 Å². The third kappa shape index (κ3) is 5.08. The van der Waals surface area contributed by atoms with E-state index >= 15 is 0 Å². The van der Waals surface area contributed by atoms with Gasteiger partial charge in [-0.3, -0.25) is 9.36 Å². The van der Waals surface area contributed by atoms with Gasteiger partial charge in [-0.1, -0.05) is 47.6 Å². The molecule has 0 spiro atoms. The van der Waals surface area contributed by atoms with Crippen LogP contribution in [0.4, 0.5) is 5.69 Å². The van der Waals surface area contributed by atoms with E-state index in [1.54, 1.807) is 31.2 Å². The summed E-state index contributed by atoms with van der Waals surface area (Å²) in [7, 11) is 0. The predicted molar refractivity (Wildman–Crippen MR) is 132 cm³/mol. The van der Waals surface area contributed by atoms with Crippen LogP contribution in [0.5, 0.6) is 0 Å². The number of hydrogen-bond donors (Lipinski definition) is 1. The minimum Gasteiger partial charge on any atom is -0.324 e. The van der Waals surface area contributed by atoms with Gasteiger partial charge in [0.15, 0.2) is 11.0 Å². The summed E-state index contributed by atoms with van der Waals surface area (Å²) in [5.41, 5.74) is 3.75. The van der Waals surface area contributed by atoms with E-state index < -0.39 is 5.25 Å². The van der Waals surface area contributed by atoms with Gasteiger partial charge in [0.2, 0.25) is 5.91 Å². The number of rotatable bonds is 6. The summed E-state index contributed by atoms with van der Waals surface area (Å²) < 4.78 is 1.94. The lowest BCUT2D eigenvalue weighted by molar-refractivity contribution is -0.115. The number of nitrogens with zero attached hydrogens (tertiary/aromatic N) is 4. The summed E-state index contributed by atoms with van der Waals surface area (Å²) in [5.74, 6) is 0.428. The highest BCUT2D eigenvalue weighted by Crippen LogP contribution is 2.31. The van der Waals surface area contributed by atoms with Crippen LogP contribution in [0.2, 0.25) is 5.02 Å². The molecule has 4 rings (SSSR count). The Kier molecular flexibility index (Phi) is 6.78. The number of hydrogen-bond acceptors (Lipinski definition) is 5. The van der Waals surface area contributed by atoms with Gasteiger partial charge in [-0.25, -0.2) is 0 Å². The number of benzene rings is 3. The zero-order valence-electron chi connectivity index (χ0n) is 18.0. The van der Waals surface area contributed by atoms with Gasteiger partial charge in [0.25, 0.3) is 0 Å².